The third kappa shape index (κ3) is 4.76. The first-order chi connectivity index (χ1) is 12.8. The van der Waals surface area contributed by atoms with Crippen molar-refractivity contribution in [2.45, 2.75) is 19.3 Å². The Hall–Kier alpha value is -3.00. The van der Waals surface area contributed by atoms with Crippen molar-refractivity contribution < 1.29 is 9.53 Å². The van der Waals surface area contributed by atoms with Crippen molar-refractivity contribution in [2.24, 2.45) is 5.92 Å². The molecule has 1 heterocycles. The van der Waals surface area contributed by atoms with Crippen LogP contribution in [0, 0.1) is 17.2 Å². The lowest BCUT2D eigenvalue weighted by Crippen LogP contribution is -2.40. The average molecular weight is 349 g/mol. The lowest BCUT2D eigenvalue weighted by atomic mass is 9.99. The number of rotatable bonds is 5. The van der Waals surface area contributed by atoms with E-state index < -0.39 is 0 Å². The molecular formula is C21H23N3O2. The Balaban J connectivity index is 1.55. The van der Waals surface area contributed by atoms with E-state index in [0.29, 0.717) is 31.1 Å². The van der Waals surface area contributed by atoms with Crippen molar-refractivity contribution in [3.8, 4) is 11.8 Å². The number of nitrogens with one attached hydrogen (secondary N) is 1. The van der Waals surface area contributed by atoms with E-state index in [-0.39, 0.29) is 11.9 Å². The Bertz CT molecular complexity index is 762. The van der Waals surface area contributed by atoms with E-state index in [1.54, 1.807) is 4.90 Å². The highest BCUT2D eigenvalue weighted by Gasteiger charge is 2.23. The molecule has 134 valence electrons. The molecule has 0 radical (unpaired) electrons. The lowest BCUT2D eigenvalue weighted by Gasteiger charge is -2.29. The molecule has 2 amide bonds. The summed E-state index contributed by atoms with van der Waals surface area (Å²) in [4.78, 5) is 14.2. The molecule has 0 atom stereocenters. The molecule has 0 aliphatic carbocycles. The van der Waals surface area contributed by atoms with Gasteiger partial charge in [0.05, 0.1) is 18.4 Å². The second kappa shape index (κ2) is 8.91. The van der Waals surface area contributed by atoms with Crippen molar-refractivity contribution in [2.75, 3.05) is 25.0 Å². The molecule has 0 saturated carbocycles. The lowest BCUT2D eigenvalue weighted by molar-refractivity contribution is 0.192. The molecule has 0 spiro atoms. The van der Waals surface area contributed by atoms with Gasteiger partial charge in [-0.25, -0.2) is 4.79 Å². The quantitative estimate of drug-likeness (QED) is 0.885. The minimum Gasteiger partial charge on any atom is -0.491 e. The van der Waals surface area contributed by atoms with Crippen LogP contribution >= 0.6 is 0 Å². The molecule has 1 aliphatic rings. The van der Waals surface area contributed by atoms with E-state index in [1.165, 1.54) is 5.56 Å². The van der Waals surface area contributed by atoms with Crippen LogP contribution in [0.25, 0.3) is 0 Å². The fourth-order valence-corrected chi connectivity index (χ4v) is 3.03. The summed E-state index contributed by atoms with van der Waals surface area (Å²) in [5.74, 6) is 0.733. The highest BCUT2D eigenvalue weighted by atomic mass is 16.5. The van der Waals surface area contributed by atoms with Gasteiger partial charge in [-0.2, -0.15) is 5.26 Å². The fourth-order valence-electron chi connectivity index (χ4n) is 3.03. The van der Waals surface area contributed by atoms with Crippen LogP contribution in [0.4, 0.5) is 10.5 Å². The summed E-state index contributed by atoms with van der Waals surface area (Å²) in [6, 6.07) is 19.8. The molecule has 2 aromatic rings. The van der Waals surface area contributed by atoms with Gasteiger partial charge >= 0.3 is 6.03 Å². The van der Waals surface area contributed by atoms with E-state index in [1.807, 2.05) is 42.5 Å². The summed E-state index contributed by atoms with van der Waals surface area (Å²) in [6.45, 7) is 1.77. The Morgan fingerprint density at radius 2 is 1.81 bits per heavy atom. The van der Waals surface area contributed by atoms with Crippen molar-refractivity contribution >= 4 is 11.7 Å². The number of amides is 2. The number of carbonyl (C=O) groups is 1. The van der Waals surface area contributed by atoms with Crippen LogP contribution in [0.5, 0.6) is 5.75 Å². The van der Waals surface area contributed by atoms with Crippen LogP contribution in [0.1, 0.15) is 18.4 Å². The zero-order chi connectivity index (χ0) is 18.2. The highest BCUT2D eigenvalue weighted by molar-refractivity contribution is 5.91. The van der Waals surface area contributed by atoms with E-state index in [2.05, 4.69) is 23.5 Å². The number of nitriles is 1. The highest BCUT2D eigenvalue weighted by Crippen LogP contribution is 2.25. The second-order valence-electron chi connectivity index (χ2n) is 6.40. The zero-order valence-electron chi connectivity index (χ0n) is 14.7. The summed E-state index contributed by atoms with van der Waals surface area (Å²) < 4.78 is 5.89. The van der Waals surface area contributed by atoms with Gasteiger partial charge in [0.1, 0.15) is 5.75 Å². The van der Waals surface area contributed by atoms with Gasteiger partial charge in [-0.15, -0.1) is 0 Å². The van der Waals surface area contributed by atoms with Crippen LogP contribution in [0.3, 0.4) is 0 Å². The van der Waals surface area contributed by atoms with Gasteiger partial charge in [-0.05, 0) is 30.5 Å². The minimum absolute atomic E-state index is 0.0626. The van der Waals surface area contributed by atoms with E-state index in [9.17, 15) is 4.79 Å². The Labute approximate surface area is 154 Å². The standard InChI is InChI=1S/C21H23N3O2/c22-16-18-10-13-24(14-11-18)21(25)23-19-8-4-5-9-20(19)26-15-12-17-6-2-1-3-7-17/h1-9,18H,10-15H2,(H,23,25). The number of anilines is 1. The summed E-state index contributed by atoms with van der Waals surface area (Å²) in [6.07, 6.45) is 2.28. The first kappa shape index (κ1) is 17.8. The Kier molecular flexibility index (Phi) is 6.10. The molecule has 0 unspecified atom stereocenters. The summed E-state index contributed by atoms with van der Waals surface area (Å²) >= 11 is 0. The molecule has 0 bridgehead atoms. The first-order valence-electron chi connectivity index (χ1n) is 8.97. The fraction of sp³-hybridized carbons (Fsp3) is 0.333. The predicted molar refractivity (Wildman–Crippen MR) is 101 cm³/mol. The first-order valence-corrected chi connectivity index (χ1v) is 8.97. The van der Waals surface area contributed by atoms with Gasteiger partial charge in [0.25, 0.3) is 0 Å². The van der Waals surface area contributed by atoms with Crippen molar-refractivity contribution in [1.29, 1.82) is 5.26 Å². The van der Waals surface area contributed by atoms with Gasteiger partial charge in [0, 0.05) is 25.4 Å². The van der Waals surface area contributed by atoms with Gasteiger partial charge in [0.15, 0.2) is 0 Å². The smallest absolute Gasteiger partial charge is 0.321 e. The van der Waals surface area contributed by atoms with Crippen molar-refractivity contribution in [3.05, 3.63) is 60.2 Å². The molecular weight excluding hydrogens is 326 g/mol. The maximum atomic E-state index is 12.5. The van der Waals surface area contributed by atoms with Crippen LogP contribution in [-0.2, 0) is 6.42 Å². The van der Waals surface area contributed by atoms with Gasteiger partial charge in [-0.1, -0.05) is 42.5 Å². The molecule has 1 N–H and O–H groups in total. The number of piperidine rings is 1. The van der Waals surface area contributed by atoms with Crippen molar-refractivity contribution in [3.63, 3.8) is 0 Å². The van der Waals surface area contributed by atoms with Gasteiger partial charge in [-0.3, -0.25) is 0 Å². The molecule has 0 aromatic heterocycles. The predicted octanol–water partition coefficient (Wildman–Crippen LogP) is 4.08. The average Bonchev–Trinajstić information content (AvgIpc) is 2.70. The van der Waals surface area contributed by atoms with E-state index in [4.69, 9.17) is 10.00 Å². The molecule has 5 heteroatoms. The van der Waals surface area contributed by atoms with E-state index in [0.717, 1.165) is 19.3 Å². The third-order valence-corrected chi connectivity index (χ3v) is 4.58. The van der Waals surface area contributed by atoms with Crippen LogP contribution in [0.2, 0.25) is 0 Å². The van der Waals surface area contributed by atoms with Crippen LogP contribution in [0.15, 0.2) is 54.6 Å². The molecule has 1 saturated heterocycles. The largest absolute Gasteiger partial charge is 0.491 e. The summed E-state index contributed by atoms with van der Waals surface area (Å²) in [7, 11) is 0. The zero-order valence-corrected chi connectivity index (χ0v) is 14.7. The molecule has 3 rings (SSSR count). The number of hydrogen-bond donors (Lipinski definition) is 1. The maximum Gasteiger partial charge on any atom is 0.321 e. The molecule has 26 heavy (non-hydrogen) atoms. The van der Waals surface area contributed by atoms with Gasteiger partial charge in [0.2, 0.25) is 0 Å². The number of carbonyl (C=O) groups excluding carboxylic acids is 1. The maximum absolute atomic E-state index is 12.5. The number of ether oxygens (including phenoxy) is 1. The summed E-state index contributed by atoms with van der Waals surface area (Å²) in [5, 5.41) is 11.9. The van der Waals surface area contributed by atoms with Crippen molar-refractivity contribution in [1.82, 2.24) is 4.90 Å². The Morgan fingerprint density at radius 3 is 2.54 bits per heavy atom. The number of urea groups is 1. The number of likely N-dealkylation sites (tertiary alicyclic amines) is 1. The number of para-hydroxylation sites is 2. The molecule has 5 nitrogen and oxygen atoms in total. The molecule has 2 aromatic carbocycles. The molecule has 1 aliphatic heterocycles. The van der Waals surface area contributed by atoms with E-state index >= 15 is 0 Å². The number of nitrogens with zero attached hydrogens (tertiary/aromatic N) is 2. The normalized spacial score (nSPS) is 14.5. The second-order valence-corrected chi connectivity index (χ2v) is 6.40. The number of hydrogen-bond acceptors (Lipinski definition) is 3. The third-order valence-electron chi connectivity index (χ3n) is 4.58. The summed E-state index contributed by atoms with van der Waals surface area (Å²) in [5.41, 5.74) is 1.89. The molecule has 1 fully saturated rings. The monoisotopic (exact) mass is 349 g/mol. The topological polar surface area (TPSA) is 65.4 Å². The van der Waals surface area contributed by atoms with Crippen LogP contribution in [-0.4, -0.2) is 30.6 Å². The Morgan fingerprint density at radius 1 is 1.12 bits per heavy atom. The SMILES string of the molecule is N#CC1CCN(C(=O)Nc2ccccc2OCCc2ccccc2)CC1. The van der Waals surface area contributed by atoms with Crippen LogP contribution < -0.4 is 10.1 Å². The number of benzene rings is 2. The van der Waals surface area contributed by atoms with Gasteiger partial charge < -0.3 is 15.0 Å². The minimum atomic E-state index is -0.138.